The Morgan fingerprint density at radius 2 is 2.12 bits per heavy atom. The minimum absolute atomic E-state index is 0.0695. The van der Waals surface area contributed by atoms with E-state index in [0.29, 0.717) is 6.61 Å². The molecule has 3 rings (SSSR count). The first-order valence-electron chi connectivity index (χ1n) is 8.61. The van der Waals surface area contributed by atoms with E-state index < -0.39 is 4.92 Å². The van der Waals surface area contributed by atoms with Crippen molar-refractivity contribution in [3.05, 3.63) is 51.8 Å². The number of non-ortho nitro benzene ring substituents is 1. The van der Waals surface area contributed by atoms with Crippen molar-refractivity contribution in [2.75, 3.05) is 6.61 Å². The van der Waals surface area contributed by atoms with E-state index in [1.54, 1.807) is 12.1 Å². The van der Waals surface area contributed by atoms with Gasteiger partial charge in [0.15, 0.2) is 6.29 Å². The molecule has 1 unspecified atom stereocenters. The lowest BCUT2D eigenvalue weighted by atomic mass is 10.1. The maximum atomic E-state index is 10.8. The largest absolute Gasteiger partial charge is 0.353 e. The summed E-state index contributed by atoms with van der Waals surface area (Å²) in [5.74, 6) is 0.266. The minimum Gasteiger partial charge on any atom is -0.353 e. The van der Waals surface area contributed by atoms with Crippen LogP contribution in [0.25, 0.3) is 5.69 Å². The Labute approximate surface area is 146 Å². The van der Waals surface area contributed by atoms with Crippen LogP contribution in [-0.2, 0) is 16.1 Å². The van der Waals surface area contributed by atoms with Gasteiger partial charge in [0.1, 0.15) is 0 Å². The topological polar surface area (TPSA) is 79.4 Å². The number of nitrogens with zero attached hydrogens (tertiary/aromatic N) is 3. The van der Waals surface area contributed by atoms with Gasteiger partial charge in [-0.05, 0) is 43.4 Å². The molecule has 0 saturated carbocycles. The molecule has 7 heteroatoms. The van der Waals surface area contributed by atoms with E-state index in [1.807, 2.05) is 10.7 Å². The van der Waals surface area contributed by atoms with E-state index in [9.17, 15) is 10.1 Å². The van der Waals surface area contributed by atoms with Gasteiger partial charge in [0.25, 0.3) is 5.69 Å². The molecule has 0 spiro atoms. The Kier molecular flexibility index (Phi) is 5.45. The number of benzene rings is 1. The Hall–Kier alpha value is -2.25. The summed E-state index contributed by atoms with van der Waals surface area (Å²) in [5.41, 5.74) is 2.74. The van der Waals surface area contributed by atoms with Crippen LogP contribution in [0.3, 0.4) is 0 Å². The smallest absolute Gasteiger partial charge is 0.269 e. The molecule has 1 saturated heterocycles. The van der Waals surface area contributed by atoms with Crippen LogP contribution in [0.2, 0.25) is 0 Å². The molecular formula is C18H23N3O4. The van der Waals surface area contributed by atoms with E-state index in [1.165, 1.54) is 12.1 Å². The average molecular weight is 345 g/mol. The van der Waals surface area contributed by atoms with E-state index in [2.05, 4.69) is 18.9 Å². The second-order valence-electron chi connectivity index (χ2n) is 6.51. The quantitative estimate of drug-likeness (QED) is 0.585. The van der Waals surface area contributed by atoms with Crippen molar-refractivity contribution in [2.45, 2.75) is 51.9 Å². The molecule has 2 aromatic rings. The zero-order valence-corrected chi connectivity index (χ0v) is 14.6. The molecular weight excluding hydrogens is 322 g/mol. The summed E-state index contributed by atoms with van der Waals surface area (Å²) in [6.45, 7) is 5.32. The minimum atomic E-state index is -0.403. The summed E-state index contributed by atoms with van der Waals surface area (Å²) in [6.07, 6.45) is 2.98. The summed E-state index contributed by atoms with van der Waals surface area (Å²) in [4.78, 5) is 10.4. The first kappa shape index (κ1) is 17.6. The van der Waals surface area contributed by atoms with Gasteiger partial charge in [-0.15, -0.1) is 0 Å². The Morgan fingerprint density at radius 1 is 1.36 bits per heavy atom. The van der Waals surface area contributed by atoms with Crippen molar-refractivity contribution < 1.29 is 14.4 Å². The lowest BCUT2D eigenvalue weighted by Gasteiger charge is -2.22. The molecule has 0 amide bonds. The van der Waals surface area contributed by atoms with Gasteiger partial charge in [-0.2, -0.15) is 5.10 Å². The van der Waals surface area contributed by atoms with Crippen LogP contribution in [0.1, 0.15) is 50.4 Å². The van der Waals surface area contributed by atoms with Crippen LogP contribution in [0, 0.1) is 10.1 Å². The van der Waals surface area contributed by atoms with E-state index in [0.717, 1.165) is 42.9 Å². The second kappa shape index (κ2) is 7.76. The highest BCUT2D eigenvalue weighted by molar-refractivity contribution is 5.41. The Bertz CT molecular complexity index is 718. The van der Waals surface area contributed by atoms with Crippen LogP contribution >= 0.6 is 0 Å². The third kappa shape index (κ3) is 4.24. The summed E-state index contributed by atoms with van der Waals surface area (Å²) < 4.78 is 13.2. The van der Waals surface area contributed by atoms with Crippen LogP contribution in [0.5, 0.6) is 0 Å². The zero-order valence-electron chi connectivity index (χ0n) is 14.6. The molecule has 25 heavy (non-hydrogen) atoms. The predicted octanol–water partition coefficient (Wildman–Crippen LogP) is 3.95. The number of aromatic nitrogens is 2. The fourth-order valence-corrected chi connectivity index (χ4v) is 2.87. The SMILES string of the molecule is CC(C)c1cc(COC2CCCCO2)nn1-c1ccc([N+](=O)[O-])cc1. The van der Waals surface area contributed by atoms with Gasteiger partial charge < -0.3 is 9.47 Å². The van der Waals surface area contributed by atoms with Gasteiger partial charge in [0, 0.05) is 24.4 Å². The lowest BCUT2D eigenvalue weighted by molar-refractivity contribution is -0.384. The zero-order chi connectivity index (χ0) is 17.8. The molecule has 0 N–H and O–H groups in total. The maximum absolute atomic E-state index is 10.8. The standard InChI is InChI=1S/C18H23N3O4/c1-13(2)17-11-14(12-25-18-5-3-4-10-24-18)19-20(17)15-6-8-16(9-7-15)21(22)23/h6-9,11,13,18H,3-5,10,12H2,1-2H3. The van der Waals surface area contributed by atoms with Gasteiger partial charge in [-0.3, -0.25) is 10.1 Å². The summed E-state index contributed by atoms with van der Waals surface area (Å²) in [5, 5.41) is 15.4. The maximum Gasteiger partial charge on any atom is 0.269 e. The van der Waals surface area contributed by atoms with Crippen molar-refractivity contribution in [3.8, 4) is 5.69 Å². The fraction of sp³-hybridized carbons (Fsp3) is 0.500. The van der Waals surface area contributed by atoms with Crippen LogP contribution in [0.4, 0.5) is 5.69 Å². The molecule has 0 bridgehead atoms. The van der Waals surface area contributed by atoms with Gasteiger partial charge in [0.05, 0.1) is 22.9 Å². The van der Waals surface area contributed by atoms with Crippen LogP contribution in [0.15, 0.2) is 30.3 Å². The van der Waals surface area contributed by atoms with E-state index >= 15 is 0 Å². The van der Waals surface area contributed by atoms with Crippen molar-refractivity contribution >= 4 is 5.69 Å². The lowest BCUT2D eigenvalue weighted by Crippen LogP contribution is -2.22. The number of hydrogen-bond acceptors (Lipinski definition) is 5. The van der Waals surface area contributed by atoms with Gasteiger partial charge in [0.2, 0.25) is 0 Å². The van der Waals surface area contributed by atoms with E-state index in [-0.39, 0.29) is 17.9 Å². The molecule has 1 fully saturated rings. The molecule has 1 aliphatic heterocycles. The Balaban J connectivity index is 1.78. The molecule has 134 valence electrons. The molecule has 0 radical (unpaired) electrons. The molecule has 1 aliphatic rings. The first-order chi connectivity index (χ1) is 12.0. The summed E-state index contributed by atoms with van der Waals surface area (Å²) >= 11 is 0. The third-order valence-electron chi connectivity index (χ3n) is 4.24. The number of rotatable bonds is 6. The third-order valence-corrected chi connectivity index (χ3v) is 4.24. The molecule has 1 atom stereocenters. The first-order valence-corrected chi connectivity index (χ1v) is 8.61. The van der Waals surface area contributed by atoms with Gasteiger partial charge in [-0.1, -0.05) is 13.8 Å². The number of hydrogen-bond donors (Lipinski definition) is 0. The predicted molar refractivity (Wildman–Crippen MR) is 92.7 cm³/mol. The molecule has 1 aromatic heterocycles. The van der Waals surface area contributed by atoms with Crippen molar-refractivity contribution in [1.82, 2.24) is 9.78 Å². The molecule has 1 aromatic carbocycles. The second-order valence-corrected chi connectivity index (χ2v) is 6.51. The monoisotopic (exact) mass is 345 g/mol. The molecule has 7 nitrogen and oxygen atoms in total. The van der Waals surface area contributed by atoms with Crippen LogP contribution in [-0.4, -0.2) is 27.6 Å². The van der Waals surface area contributed by atoms with Crippen LogP contribution < -0.4 is 0 Å². The fourth-order valence-electron chi connectivity index (χ4n) is 2.87. The van der Waals surface area contributed by atoms with Gasteiger partial charge >= 0.3 is 0 Å². The van der Waals surface area contributed by atoms with Gasteiger partial charge in [-0.25, -0.2) is 4.68 Å². The van der Waals surface area contributed by atoms with Crippen molar-refractivity contribution in [2.24, 2.45) is 0 Å². The Morgan fingerprint density at radius 3 is 2.72 bits per heavy atom. The highest BCUT2D eigenvalue weighted by Crippen LogP contribution is 2.23. The highest BCUT2D eigenvalue weighted by Gasteiger charge is 2.17. The van der Waals surface area contributed by atoms with Crippen molar-refractivity contribution in [1.29, 1.82) is 0 Å². The average Bonchev–Trinajstić information content (AvgIpc) is 3.05. The number of nitro benzene ring substituents is 1. The highest BCUT2D eigenvalue weighted by atomic mass is 16.7. The number of ether oxygens (including phenoxy) is 2. The molecule has 0 aliphatic carbocycles. The molecule has 2 heterocycles. The van der Waals surface area contributed by atoms with Crippen molar-refractivity contribution in [3.63, 3.8) is 0 Å². The normalized spacial score (nSPS) is 17.8. The number of nitro groups is 1. The van der Waals surface area contributed by atoms with E-state index in [4.69, 9.17) is 9.47 Å². The summed E-state index contributed by atoms with van der Waals surface area (Å²) in [6, 6.07) is 8.44. The summed E-state index contributed by atoms with van der Waals surface area (Å²) in [7, 11) is 0.